The highest BCUT2D eigenvalue weighted by molar-refractivity contribution is 5.20. The predicted octanol–water partition coefficient (Wildman–Crippen LogP) is 1.96. The van der Waals surface area contributed by atoms with Gasteiger partial charge in [-0.2, -0.15) is 0 Å². The van der Waals surface area contributed by atoms with Gasteiger partial charge < -0.3 is 10.5 Å². The van der Waals surface area contributed by atoms with Crippen LogP contribution in [0.25, 0.3) is 0 Å². The Balaban J connectivity index is 2.30. The van der Waals surface area contributed by atoms with Gasteiger partial charge in [-0.1, -0.05) is 19.4 Å². The van der Waals surface area contributed by atoms with Crippen LogP contribution in [-0.2, 0) is 0 Å². The lowest BCUT2D eigenvalue weighted by Gasteiger charge is -2.32. The standard InChI is InChI=1S/C14H23N3O/c1-3-17-10-5-4-7-11(15)14(17)12-8-6-9-13(16-12)18-2/h6,8-9,11,14H,3-5,7,10,15H2,1-2H3. The Kier molecular flexibility index (Phi) is 4.55. The molecule has 0 spiro atoms. The van der Waals surface area contributed by atoms with Crippen molar-refractivity contribution in [1.82, 2.24) is 9.88 Å². The van der Waals surface area contributed by atoms with Crippen molar-refractivity contribution in [2.75, 3.05) is 20.2 Å². The number of likely N-dealkylation sites (tertiary alicyclic amines) is 1. The Morgan fingerprint density at radius 2 is 2.28 bits per heavy atom. The minimum Gasteiger partial charge on any atom is -0.481 e. The molecule has 0 aromatic carbocycles. The summed E-state index contributed by atoms with van der Waals surface area (Å²) in [6.07, 6.45) is 3.50. The maximum atomic E-state index is 6.35. The maximum absolute atomic E-state index is 6.35. The highest BCUT2D eigenvalue weighted by Crippen LogP contribution is 2.28. The number of aromatic nitrogens is 1. The second-order valence-corrected chi connectivity index (χ2v) is 4.84. The van der Waals surface area contributed by atoms with Crippen molar-refractivity contribution in [3.8, 4) is 5.88 Å². The Morgan fingerprint density at radius 1 is 1.44 bits per heavy atom. The van der Waals surface area contributed by atoms with Crippen molar-refractivity contribution >= 4 is 0 Å². The third-order valence-corrected chi connectivity index (χ3v) is 3.70. The molecule has 1 aromatic heterocycles. The van der Waals surface area contributed by atoms with Crippen molar-refractivity contribution < 1.29 is 4.74 Å². The fraction of sp³-hybridized carbons (Fsp3) is 0.643. The molecule has 1 aliphatic heterocycles. The molecule has 0 aliphatic carbocycles. The molecule has 0 bridgehead atoms. The monoisotopic (exact) mass is 249 g/mol. The third kappa shape index (κ3) is 2.82. The molecule has 18 heavy (non-hydrogen) atoms. The van der Waals surface area contributed by atoms with Crippen LogP contribution in [0.15, 0.2) is 18.2 Å². The van der Waals surface area contributed by atoms with E-state index in [4.69, 9.17) is 10.5 Å². The molecule has 100 valence electrons. The third-order valence-electron chi connectivity index (χ3n) is 3.70. The summed E-state index contributed by atoms with van der Waals surface area (Å²) in [7, 11) is 1.65. The zero-order chi connectivity index (χ0) is 13.0. The minimum atomic E-state index is 0.159. The van der Waals surface area contributed by atoms with Crippen molar-refractivity contribution in [2.45, 2.75) is 38.3 Å². The summed E-state index contributed by atoms with van der Waals surface area (Å²) < 4.78 is 5.21. The van der Waals surface area contributed by atoms with E-state index in [-0.39, 0.29) is 12.1 Å². The smallest absolute Gasteiger partial charge is 0.213 e. The Bertz CT molecular complexity index is 383. The van der Waals surface area contributed by atoms with Gasteiger partial charge >= 0.3 is 0 Å². The molecule has 1 fully saturated rings. The van der Waals surface area contributed by atoms with E-state index in [0.717, 1.165) is 25.2 Å². The van der Waals surface area contributed by atoms with Crippen molar-refractivity contribution in [3.63, 3.8) is 0 Å². The molecule has 4 heteroatoms. The fourth-order valence-electron chi connectivity index (χ4n) is 2.73. The summed E-state index contributed by atoms with van der Waals surface area (Å²) in [6.45, 7) is 4.30. The van der Waals surface area contributed by atoms with Gasteiger partial charge in [0.2, 0.25) is 5.88 Å². The molecule has 1 aliphatic rings. The van der Waals surface area contributed by atoms with Crippen LogP contribution in [0.1, 0.15) is 37.9 Å². The highest BCUT2D eigenvalue weighted by Gasteiger charge is 2.28. The van der Waals surface area contributed by atoms with E-state index >= 15 is 0 Å². The molecule has 1 saturated heterocycles. The first kappa shape index (κ1) is 13.3. The summed E-state index contributed by atoms with van der Waals surface area (Å²) >= 11 is 0. The number of hydrogen-bond acceptors (Lipinski definition) is 4. The van der Waals surface area contributed by atoms with E-state index < -0.39 is 0 Å². The lowest BCUT2D eigenvalue weighted by atomic mass is 10.0. The second-order valence-electron chi connectivity index (χ2n) is 4.84. The Labute approximate surface area is 109 Å². The molecule has 2 unspecified atom stereocenters. The van der Waals surface area contributed by atoms with E-state index in [0.29, 0.717) is 5.88 Å². The van der Waals surface area contributed by atoms with Gasteiger partial charge in [-0.15, -0.1) is 0 Å². The SMILES string of the molecule is CCN1CCCCC(N)C1c1cccc(OC)n1. The normalized spacial score (nSPS) is 25.7. The van der Waals surface area contributed by atoms with Gasteiger partial charge in [-0.25, -0.2) is 4.98 Å². The molecule has 0 amide bonds. The molecule has 2 atom stereocenters. The molecular formula is C14H23N3O. The van der Waals surface area contributed by atoms with Gasteiger partial charge in [0.1, 0.15) is 0 Å². The highest BCUT2D eigenvalue weighted by atomic mass is 16.5. The average molecular weight is 249 g/mol. The summed E-state index contributed by atoms with van der Waals surface area (Å²) in [5.74, 6) is 0.667. The molecule has 2 rings (SSSR count). The number of nitrogens with two attached hydrogens (primary N) is 1. The number of likely N-dealkylation sites (N-methyl/N-ethyl adjacent to an activating group) is 1. The minimum absolute atomic E-state index is 0.159. The number of nitrogens with zero attached hydrogens (tertiary/aromatic N) is 2. The first-order valence-electron chi connectivity index (χ1n) is 6.76. The van der Waals surface area contributed by atoms with Crippen LogP contribution in [0.3, 0.4) is 0 Å². The number of pyridine rings is 1. The molecule has 0 saturated carbocycles. The summed E-state index contributed by atoms with van der Waals surface area (Å²) in [4.78, 5) is 6.99. The van der Waals surface area contributed by atoms with Crippen molar-refractivity contribution in [1.29, 1.82) is 0 Å². The molecule has 4 nitrogen and oxygen atoms in total. The van der Waals surface area contributed by atoms with E-state index in [2.05, 4.69) is 22.9 Å². The van der Waals surface area contributed by atoms with Crippen molar-refractivity contribution in [3.05, 3.63) is 23.9 Å². The molecule has 0 radical (unpaired) electrons. The van der Waals surface area contributed by atoms with Crippen LogP contribution in [-0.4, -0.2) is 36.1 Å². The average Bonchev–Trinajstić information content (AvgIpc) is 2.60. The van der Waals surface area contributed by atoms with Crippen LogP contribution < -0.4 is 10.5 Å². The number of rotatable bonds is 3. The number of hydrogen-bond donors (Lipinski definition) is 1. The zero-order valence-corrected chi connectivity index (χ0v) is 11.3. The second kappa shape index (κ2) is 6.16. The van der Waals surface area contributed by atoms with Gasteiger partial charge in [-0.3, -0.25) is 4.90 Å². The van der Waals surface area contributed by atoms with Gasteiger partial charge in [0.25, 0.3) is 0 Å². The van der Waals surface area contributed by atoms with Gasteiger partial charge in [0.05, 0.1) is 18.8 Å². The first-order valence-corrected chi connectivity index (χ1v) is 6.76. The van der Waals surface area contributed by atoms with Crippen LogP contribution >= 0.6 is 0 Å². The van der Waals surface area contributed by atoms with E-state index in [1.54, 1.807) is 7.11 Å². The van der Waals surface area contributed by atoms with Crippen molar-refractivity contribution in [2.24, 2.45) is 5.73 Å². The lowest BCUT2D eigenvalue weighted by molar-refractivity contribution is 0.190. The van der Waals surface area contributed by atoms with Gasteiger partial charge in [0, 0.05) is 12.1 Å². The quantitative estimate of drug-likeness (QED) is 0.889. The molecular weight excluding hydrogens is 226 g/mol. The number of methoxy groups -OCH3 is 1. The largest absolute Gasteiger partial charge is 0.481 e. The Morgan fingerprint density at radius 3 is 3.00 bits per heavy atom. The van der Waals surface area contributed by atoms with E-state index in [1.807, 2.05) is 12.1 Å². The van der Waals surface area contributed by atoms with Crippen LogP contribution in [0.2, 0.25) is 0 Å². The molecule has 2 heterocycles. The van der Waals surface area contributed by atoms with Gasteiger partial charge in [-0.05, 0) is 32.0 Å². The molecule has 1 aromatic rings. The summed E-state index contributed by atoms with van der Waals surface area (Å²) in [5, 5.41) is 0. The maximum Gasteiger partial charge on any atom is 0.213 e. The van der Waals surface area contributed by atoms with Crippen LogP contribution in [0.5, 0.6) is 5.88 Å². The fourth-order valence-corrected chi connectivity index (χ4v) is 2.73. The van der Waals surface area contributed by atoms with E-state index in [1.165, 1.54) is 12.8 Å². The van der Waals surface area contributed by atoms with Gasteiger partial charge in [0.15, 0.2) is 0 Å². The summed E-state index contributed by atoms with van der Waals surface area (Å²) in [6, 6.07) is 6.30. The number of ether oxygens (including phenoxy) is 1. The first-order chi connectivity index (χ1) is 8.76. The van der Waals surface area contributed by atoms with Crippen LogP contribution in [0.4, 0.5) is 0 Å². The lowest BCUT2D eigenvalue weighted by Crippen LogP contribution is -2.40. The van der Waals surface area contributed by atoms with E-state index in [9.17, 15) is 0 Å². The summed E-state index contributed by atoms with van der Waals surface area (Å²) in [5.41, 5.74) is 7.38. The Hall–Kier alpha value is -1.13. The topological polar surface area (TPSA) is 51.4 Å². The molecule has 2 N–H and O–H groups in total. The zero-order valence-electron chi connectivity index (χ0n) is 11.3. The van der Waals surface area contributed by atoms with Crippen LogP contribution in [0, 0.1) is 0 Å². The predicted molar refractivity (Wildman–Crippen MR) is 72.6 cm³/mol.